The summed E-state index contributed by atoms with van der Waals surface area (Å²) in [7, 11) is 0. The minimum absolute atomic E-state index is 0.00481. The van der Waals surface area contributed by atoms with Crippen LogP contribution < -0.4 is 10.6 Å². The van der Waals surface area contributed by atoms with E-state index in [0.717, 1.165) is 28.9 Å². The molecule has 1 aliphatic carbocycles. The molecule has 0 radical (unpaired) electrons. The third-order valence-electron chi connectivity index (χ3n) is 3.79. The van der Waals surface area contributed by atoms with Gasteiger partial charge in [0.05, 0.1) is 11.4 Å². The molecule has 1 saturated carbocycles. The van der Waals surface area contributed by atoms with Crippen molar-refractivity contribution in [3.05, 3.63) is 46.0 Å². The Morgan fingerprint density at radius 2 is 2.24 bits per heavy atom. The first kappa shape index (κ1) is 14.4. The zero-order valence-electron chi connectivity index (χ0n) is 12.1. The molecule has 2 unspecified atom stereocenters. The van der Waals surface area contributed by atoms with Crippen LogP contribution in [0.3, 0.4) is 0 Å². The minimum Gasteiger partial charge on any atom is -0.464 e. The van der Waals surface area contributed by atoms with Crippen molar-refractivity contribution in [1.29, 1.82) is 0 Å². The van der Waals surface area contributed by atoms with Crippen molar-refractivity contribution in [3.63, 3.8) is 0 Å². The summed E-state index contributed by atoms with van der Waals surface area (Å²) in [6, 6.07) is 7.84. The standard InChI is InChI=1S/C16H20N2O2S/c1-11-9-13(11)14-5-4-12(20-14)10-17-6-7-18-16(19)15-3-2-8-21-15/h2-5,8,11,13,17H,6-7,9-10H2,1H3,(H,18,19). The predicted octanol–water partition coefficient (Wildman–Crippen LogP) is 2.98. The van der Waals surface area contributed by atoms with E-state index < -0.39 is 0 Å². The van der Waals surface area contributed by atoms with Gasteiger partial charge in [0, 0.05) is 19.0 Å². The van der Waals surface area contributed by atoms with Crippen LogP contribution in [-0.2, 0) is 6.54 Å². The Morgan fingerprint density at radius 3 is 2.95 bits per heavy atom. The second-order valence-electron chi connectivity index (χ2n) is 5.53. The van der Waals surface area contributed by atoms with Gasteiger partial charge in [-0.2, -0.15) is 0 Å². The molecule has 2 heterocycles. The number of furan rings is 1. The van der Waals surface area contributed by atoms with Gasteiger partial charge in [0.2, 0.25) is 0 Å². The van der Waals surface area contributed by atoms with Gasteiger partial charge in [0.25, 0.3) is 5.91 Å². The molecule has 0 bridgehead atoms. The summed E-state index contributed by atoms with van der Waals surface area (Å²) < 4.78 is 5.82. The molecule has 0 aromatic carbocycles. The lowest BCUT2D eigenvalue weighted by atomic mass is 10.3. The number of nitrogens with one attached hydrogen (secondary N) is 2. The van der Waals surface area contributed by atoms with E-state index in [1.807, 2.05) is 23.6 Å². The molecule has 1 amide bonds. The van der Waals surface area contributed by atoms with Gasteiger partial charge in [0.1, 0.15) is 11.5 Å². The van der Waals surface area contributed by atoms with E-state index >= 15 is 0 Å². The molecule has 2 N–H and O–H groups in total. The molecular formula is C16H20N2O2S. The Kier molecular flexibility index (Phi) is 4.41. The largest absolute Gasteiger partial charge is 0.464 e. The Bertz CT molecular complexity index is 591. The van der Waals surface area contributed by atoms with Crippen LogP contribution >= 0.6 is 11.3 Å². The maximum atomic E-state index is 11.7. The number of thiophene rings is 1. The fourth-order valence-corrected chi connectivity index (χ4v) is 3.02. The normalized spacial score (nSPS) is 20.4. The van der Waals surface area contributed by atoms with E-state index in [0.29, 0.717) is 19.0 Å². The number of hydrogen-bond acceptors (Lipinski definition) is 4. The van der Waals surface area contributed by atoms with E-state index in [9.17, 15) is 4.79 Å². The molecule has 0 saturated heterocycles. The van der Waals surface area contributed by atoms with Crippen LogP contribution in [0.5, 0.6) is 0 Å². The summed E-state index contributed by atoms with van der Waals surface area (Å²) in [6.07, 6.45) is 1.25. The molecule has 0 spiro atoms. The zero-order valence-corrected chi connectivity index (χ0v) is 12.9. The fraction of sp³-hybridized carbons (Fsp3) is 0.438. The first-order valence-electron chi connectivity index (χ1n) is 7.35. The van der Waals surface area contributed by atoms with E-state index in [4.69, 9.17) is 4.42 Å². The van der Waals surface area contributed by atoms with Gasteiger partial charge >= 0.3 is 0 Å². The van der Waals surface area contributed by atoms with Gasteiger partial charge in [-0.1, -0.05) is 13.0 Å². The molecule has 3 rings (SSSR count). The van der Waals surface area contributed by atoms with E-state index in [-0.39, 0.29) is 5.91 Å². The molecule has 0 aliphatic heterocycles. The molecule has 112 valence electrons. The molecule has 1 fully saturated rings. The highest BCUT2D eigenvalue weighted by molar-refractivity contribution is 7.12. The quantitative estimate of drug-likeness (QED) is 0.773. The van der Waals surface area contributed by atoms with Crippen molar-refractivity contribution in [1.82, 2.24) is 10.6 Å². The third-order valence-corrected chi connectivity index (χ3v) is 4.66. The lowest BCUT2D eigenvalue weighted by molar-refractivity contribution is 0.0958. The van der Waals surface area contributed by atoms with Crippen LogP contribution in [0.1, 0.15) is 40.5 Å². The fourth-order valence-electron chi connectivity index (χ4n) is 2.38. The Morgan fingerprint density at radius 1 is 1.38 bits per heavy atom. The molecule has 2 aromatic rings. The van der Waals surface area contributed by atoms with E-state index in [1.54, 1.807) is 0 Å². The van der Waals surface area contributed by atoms with Gasteiger partial charge in [-0.3, -0.25) is 4.79 Å². The highest BCUT2D eigenvalue weighted by atomic mass is 32.1. The van der Waals surface area contributed by atoms with Gasteiger partial charge in [-0.05, 0) is 35.9 Å². The molecule has 21 heavy (non-hydrogen) atoms. The summed E-state index contributed by atoms with van der Waals surface area (Å²) in [6.45, 7) is 4.30. The molecule has 5 heteroatoms. The molecule has 2 atom stereocenters. The van der Waals surface area contributed by atoms with Gasteiger partial charge in [-0.25, -0.2) is 0 Å². The number of rotatable bonds is 7. The molecule has 1 aliphatic rings. The van der Waals surface area contributed by atoms with E-state index in [1.165, 1.54) is 17.8 Å². The number of carbonyl (C=O) groups excluding carboxylic acids is 1. The highest BCUT2D eigenvalue weighted by Gasteiger charge is 2.36. The number of amides is 1. The van der Waals surface area contributed by atoms with Crippen molar-refractivity contribution in [2.75, 3.05) is 13.1 Å². The van der Waals surface area contributed by atoms with Gasteiger partial charge in [0.15, 0.2) is 0 Å². The average Bonchev–Trinajstić information content (AvgIpc) is 2.92. The van der Waals surface area contributed by atoms with Crippen LogP contribution in [0.2, 0.25) is 0 Å². The van der Waals surface area contributed by atoms with Crippen LogP contribution in [-0.4, -0.2) is 19.0 Å². The Hall–Kier alpha value is -1.59. The summed E-state index contributed by atoms with van der Waals surface area (Å²) in [4.78, 5) is 12.5. The maximum Gasteiger partial charge on any atom is 0.261 e. The van der Waals surface area contributed by atoms with Crippen molar-refractivity contribution in [2.24, 2.45) is 5.92 Å². The second kappa shape index (κ2) is 6.45. The van der Waals surface area contributed by atoms with E-state index in [2.05, 4.69) is 23.6 Å². The van der Waals surface area contributed by atoms with Crippen LogP contribution in [0.15, 0.2) is 34.1 Å². The monoisotopic (exact) mass is 304 g/mol. The zero-order chi connectivity index (χ0) is 14.7. The summed E-state index contributed by atoms with van der Waals surface area (Å²) in [5.41, 5.74) is 0. The van der Waals surface area contributed by atoms with Crippen LogP contribution in [0.4, 0.5) is 0 Å². The van der Waals surface area contributed by atoms with Crippen molar-refractivity contribution in [3.8, 4) is 0 Å². The Labute approximate surface area is 128 Å². The SMILES string of the molecule is CC1CC1c1ccc(CNCCNC(=O)c2cccs2)o1. The predicted molar refractivity (Wildman–Crippen MR) is 83.6 cm³/mol. The number of hydrogen-bond donors (Lipinski definition) is 2. The topological polar surface area (TPSA) is 54.3 Å². The number of carbonyl (C=O) groups is 1. The van der Waals surface area contributed by atoms with Crippen molar-refractivity contribution < 1.29 is 9.21 Å². The first-order chi connectivity index (χ1) is 10.2. The molecular weight excluding hydrogens is 284 g/mol. The summed E-state index contributed by atoms with van der Waals surface area (Å²) in [5, 5.41) is 8.08. The average molecular weight is 304 g/mol. The third kappa shape index (κ3) is 3.74. The smallest absolute Gasteiger partial charge is 0.261 e. The lowest BCUT2D eigenvalue weighted by Crippen LogP contribution is -2.31. The van der Waals surface area contributed by atoms with Crippen LogP contribution in [0.25, 0.3) is 0 Å². The molecule has 2 aromatic heterocycles. The Balaban J connectivity index is 1.33. The second-order valence-corrected chi connectivity index (χ2v) is 6.48. The summed E-state index contributed by atoms with van der Waals surface area (Å²) in [5.74, 6) is 3.47. The maximum absolute atomic E-state index is 11.7. The lowest BCUT2D eigenvalue weighted by Gasteiger charge is -2.04. The first-order valence-corrected chi connectivity index (χ1v) is 8.23. The van der Waals surface area contributed by atoms with Gasteiger partial charge < -0.3 is 15.1 Å². The minimum atomic E-state index is -0.00481. The molecule has 4 nitrogen and oxygen atoms in total. The highest BCUT2D eigenvalue weighted by Crippen LogP contribution is 2.47. The van der Waals surface area contributed by atoms with Gasteiger partial charge in [-0.15, -0.1) is 11.3 Å². The van der Waals surface area contributed by atoms with Crippen LogP contribution in [0, 0.1) is 5.92 Å². The van der Waals surface area contributed by atoms with Crippen molar-refractivity contribution >= 4 is 17.2 Å². The van der Waals surface area contributed by atoms with Crippen molar-refractivity contribution in [2.45, 2.75) is 25.8 Å². The summed E-state index contributed by atoms with van der Waals surface area (Å²) >= 11 is 1.46.